The van der Waals surface area contributed by atoms with Crippen LogP contribution in [-0.4, -0.2) is 193 Å². The van der Waals surface area contributed by atoms with Crippen molar-refractivity contribution < 1.29 is 185 Å². The van der Waals surface area contributed by atoms with Crippen LogP contribution in [0.25, 0.3) is 0 Å². The Labute approximate surface area is 729 Å². The van der Waals surface area contributed by atoms with Crippen LogP contribution in [0, 0.1) is 0 Å². The van der Waals surface area contributed by atoms with Crippen LogP contribution in [0.4, 0.5) is 0 Å². The predicted molar refractivity (Wildman–Crippen MR) is 409 cm³/mol. The number of benzene rings is 4. The van der Waals surface area contributed by atoms with E-state index in [9.17, 15) is 0 Å². The third kappa shape index (κ3) is 34.4. The Balaban J connectivity index is 0.00000119. The third-order valence-corrected chi connectivity index (χ3v) is 20.7. The molecule has 0 aliphatic carbocycles. The average molecular weight is 1830 g/mol. The maximum absolute atomic E-state index is 8.97. The molecule has 6 fully saturated rings. The van der Waals surface area contributed by atoms with Crippen LogP contribution in [0.5, 0.6) is 46.0 Å². The first-order valence-corrected chi connectivity index (χ1v) is 38.5. The van der Waals surface area contributed by atoms with Gasteiger partial charge in [-0.1, -0.05) is 53.9 Å². The van der Waals surface area contributed by atoms with Crippen molar-refractivity contribution in [3.05, 3.63) is 86.2 Å². The number of halogens is 6. The predicted octanol–water partition coefficient (Wildman–Crippen LogP) is 8.14. The number of ether oxygens (including phenoxy) is 7. The van der Waals surface area contributed by atoms with Gasteiger partial charge in [0.2, 0.25) is 0 Å². The molecular formula is C68H106B3Br6K2N3O17. The number of carbonyl (C=O) groups excluding carboxylic acids is 1. The number of aromatic hydroxyl groups is 1. The molecule has 6 saturated heterocycles. The van der Waals surface area contributed by atoms with Crippen molar-refractivity contribution >= 4 is 129 Å². The first-order chi connectivity index (χ1) is 45.8. The zero-order valence-corrected chi connectivity index (χ0v) is 77.5. The fraction of sp³-hybridized carbons (Fsp3) is 0.632. The molecule has 4 aromatic carbocycles. The number of likely N-dealkylation sites (tertiary alicyclic amines) is 2. The Hall–Kier alpha value is 0.698. The van der Waals surface area contributed by atoms with E-state index in [-0.39, 0.29) is 150 Å². The van der Waals surface area contributed by atoms with Crippen molar-refractivity contribution in [3.63, 3.8) is 0 Å². The molecule has 6 heterocycles. The van der Waals surface area contributed by atoms with Gasteiger partial charge in [-0.2, -0.15) is 0 Å². The van der Waals surface area contributed by atoms with Gasteiger partial charge < -0.3 is 92.9 Å². The second-order valence-electron chi connectivity index (χ2n) is 25.9. The summed E-state index contributed by atoms with van der Waals surface area (Å²) in [5.41, 5.74) is -1.27. The maximum Gasteiger partial charge on any atom is 1.00 e. The molecule has 548 valence electrons. The van der Waals surface area contributed by atoms with E-state index in [0.29, 0.717) is 5.75 Å². The van der Waals surface area contributed by atoms with Crippen LogP contribution in [-0.2, 0) is 37.6 Å². The van der Waals surface area contributed by atoms with Crippen molar-refractivity contribution in [2.45, 2.75) is 162 Å². The molecule has 2 N–H and O–H groups in total. The van der Waals surface area contributed by atoms with Gasteiger partial charge in [0.05, 0.1) is 95.3 Å². The van der Waals surface area contributed by atoms with E-state index >= 15 is 0 Å². The number of nitrogens with zero attached hydrogens (tertiary/aromatic N) is 2. The molecule has 6 aliphatic heterocycles. The summed E-state index contributed by atoms with van der Waals surface area (Å²) in [6.45, 7) is 36.2. The summed E-state index contributed by atoms with van der Waals surface area (Å²) < 4.78 is 76.8. The second-order valence-corrected chi connectivity index (χ2v) is 30.8. The molecule has 0 atom stereocenters. The van der Waals surface area contributed by atoms with E-state index in [1.807, 2.05) is 110 Å². The Morgan fingerprint density at radius 3 is 1.08 bits per heavy atom. The summed E-state index contributed by atoms with van der Waals surface area (Å²) in [4.78, 5) is 16.1. The number of rotatable bonds is 23. The molecule has 4 aromatic rings. The fourth-order valence-electron chi connectivity index (χ4n) is 8.69. The second kappa shape index (κ2) is 50.4. The SMILES string of the molecule is BrCCCBr.C1CNC1.CC1(C)OB(B2OC(C)(C)C(C)(C)O2)OC1(C)C.COc1cc(O)ccc1Br.COc1cc(OCCCBr)ccc1Br.COc1cc(OCCCN2CCC2)ccc1B1OC(C)(C)C(C)(C)O1.COc1cc(OCCCN2CCC2)ccc1Br.O=CO[O-].[H-].[K+].[K+]. The number of hydrogen-bond donors (Lipinski definition) is 2. The number of hydrogen-bond acceptors (Lipinski definition) is 20. The summed E-state index contributed by atoms with van der Waals surface area (Å²) in [6, 6.07) is 22.3. The van der Waals surface area contributed by atoms with E-state index < -0.39 is 21.1 Å². The van der Waals surface area contributed by atoms with E-state index in [1.54, 1.807) is 46.6 Å². The Kier molecular flexibility index (Phi) is 49.8. The maximum atomic E-state index is 8.97. The largest absolute Gasteiger partial charge is 1.00 e. The normalized spacial score (nSPS) is 17.9. The molecule has 0 aromatic heterocycles. The smallest absolute Gasteiger partial charge is 1.00 e. The van der Waals surface area contributed by atoms with Crippen LogP contribution >= 0.6 is 95.6 Å². The van der Waals surface area contributed by atoms with E-state index in [0.717, 1.165) is 122 Å². The molecule has 10 rings (SSSR count). The van der Waals surface area contributed by atoms with Gasteiger partial charge in [-0.3, -0.25) is 4.79 Å². The summed E-state index contributed by atoms with van der Waals surface area (Å²) >= 11 is 20.0. The average Bonchev–Trinajstić information content (AvgIpc) is 1.61. The van der Waals surface area contributed by atoms with Gasteiger partial charge in [-0.05, 0) is 258 Å². The van der Waals surface area contributed by atoms with Crippen molar-refractivity contribution in [1.82, 2.24) is 15.1 Å². The minimum Gasteiger partial charge on any atom is -1.00 e. The molecule has 20 nitrogen and oxygen atoms in total. The number of alkyl halides is 3. The van der Waals surface area contributed by atoms with Gasteiger partial charge >= 0.3 is 124 Å². The van der Waals surface area contributed by atoms with Crippen LogP contribution in [0.1, 0.15) is 129 Å². The van der Waals surface area contributed by atoms with Gasteiger partial charge in [-0.25, -0.2) is 0 Å². The molecule has 99 heavy (non-hydrogen) atoms. The first kappa shape index (κ1) is 97.7. The van der Waals surface area contributed by atoms with Crippen LogP contribution in [0.2, 0.25) is 0 Å². The molecule has 0 spiro atoms. The quantitative estimate of drug-likeness (QED) is 0.0179. The zero-order chi connectivity index (χ0) is 72.5. The van der Waals surface area contributed by atoms with Crippen LogP contribution in [0.3, 0.4) is 0 Å². The number of phenols is 1. The monoisotopic (exact) mass is 1820 g/mol. The van der Waals surface area contributed by atoms with Gasteiger partial charge in [0, 0.05) is 58.8 Å². The van der Waals surface area contributed by atoms with Gasteiger partial charge in [0.1, 0.15) is 46.0 Å². The number of phenolic OH excluding ortho intramolecular Hbond substituents is 1. The summed E-state index contributed by atoms with van der Waals surface area (Å²) in [6.07, 6.45) is 8.42. The van der Waals surface area contributed by atoms with E-state index in [2.05, 4.69) is 143 Å². The van der Waals surface area contributed by atoms with Crippen LogP contribution in [0.15, 0.2) is 86.2 Å². The number of carbonyl (C=O) groups is 1. The molecule has 31 heteroatoms. The molecule has 0 bridgehead atoms. The van der Waals surface area contributed by atoms with E-state index in [4.69, 9.17) is 76.2 Å². The van der Waals surface area contributed by atoms with Gasteiger partial charge in [0.25, 0.3) is 6.47 Å². The topological polar surface area (TPSA) is 208 Å². The Bertz CT molecular complexity index is 2810. The molecular weight excluding hydrogens is 1720 g/mol. The van der Waals surface area contributed by atoms with E-state index in [1.165, 1.54) is 65.0 Å². The van der Waals surface area contributed by atoms with Gasteiger partial charge in [0.15, 0.2) is 0 Å². The fourth-order valence-corrected chi connectivity index (χ4v) is 11.5. The molecule has 0 saturated carbocycles. The molecule has 0 amide bonds. The third-order valence-electron chi connectivity index (χ3n) is 17.1. The minimum atomic E-state index is -0.476. The summed E-state index contributed by atoms with van der Waals surface area (Å²) in [5.74, 6) is 5.71. The number of methoxy groups -OCH3 is 4. The minimum absolute atomic E-state index is 0. The molecule has 0 radical (unpaired) electrons. The Morgan fingerprint density at radius 2 is 0.798 bits per heavy atom. The summed E-state index contributed by atoms with van der Waals surface area (Å²) in [5, 5.41) is 23.7. The summed E-state index contributed by atoms with van der Waals surface area (Å²) in [7, 11) is 5.14. The Morgan fingerprint density at radius 1 is 0.495 bits per heavy atom. The number of nitrogens with one attached hydrogen (secondary N) is 1. The standard InChI is InChI=1S/C19H30BNO4.C13H18BrNO2.C12H24B2O4.C10H12Br2O2.C7H7BrO2.C3H6Br2.C3H7N.CH2O3.2K.H/c1-18(2)19(3,4)25-20(24-18)16-9-8-15(14-17(16)22-5)23-13-7-12-21-10-6-11-21;1-16-13-10-11(4-5-12(13)14)17-9-3-8-15-6-2-7-15;1-9(2)10(3,4)16-13(15-9)14-17-11(5,6)12(7,8)18-14;1-13-10-7-8(3-4-9(10)12)14-6-2-5-11;1-10-7-4-5(9)2-3-6(7)8;4-2-1-3-5;1-2-4-3-1;2-1-4-3;;;/h8-9,14H,6-7,10-13H2,1-5H3;4-5,10H,2-3,6-9H2,1H3;1-8H3;3-4,7H,2,5-6H2,1H3;2-4,9H,1H3;1-3H2;4H,1-3H2;1,3H;;;/q;;;;;;;;2*+1;-1/p-1. The molecule has 0 unspecified atom stereocenters. The molecule has 6 aliphatic rings. The zero-order valence-electron chi connectivity index (χ0n) is 62.7. The van der Waals surface area contributed by atoms with Crippen molar-refractivity contribution in [1.29, 1.82) is 0 Å². The van der Waals surface area contributed by atoms with Crippen molar-refractivity contribution in [2.24, 2.45) is 0 Å². The van der Waals surface area contributed by atoms with Crippen LogP contribution < -0.4 is 152 Å². The van der Waals surface area contributed by atoms with Crippen molar-refractivity contribution in [2.75, 3.05) is 117 Å². The van der Waals surface area contributed by atoms with Gasteiger partial charge in [-0.15, -0.1) is 0 Å². The van der Waals surface area contributed by atoms with Crippen molar-refractivity contribution in [3.8, 4) is 46.0 Å². The first-order valence-electron chi connectivity index (χ1n) is 32.7.